The van der Waals surface area contributed by atoms with Crippen molar-refractivity contribution in [3.8, 4) is 0 Å². The zero-order chi connectivity index (χ0) is 14.0. The lowest BCUT2D eigenvalue weighted by Crippen LogP contribution is -2.24. The molecule has 6 heteroatoms. The molecule has 1 aliphatic heterocycles. The first kappa shape index (κ1) is 13.5. The van der Waals surface area contributed by atoms with E-state index in [1.54, 1.807) is 0 Å². The van der Waals surface area contributed by atoms with Crippen molar-refractivity contribution in [1.29, 1.82) is 0 Å². The Hall–Kier alpha value is -1.43. The summed E-state index contributed by atoms with van der Waals surface area (Å²) >= 11 is 0. The van der Waals surface area contributed by atoms with Crippen LogP contribution in [0.1, 0.15) is 62.8 Å². The molecule has 0 bridgehead atoms. The number of ether oxygens (including phenoxy) is 1. The maximum absolute atomic E-state index is 11.1. The number of aromatic nitrogens is 2. The predicted octanol–water partition coefficient (Wildman–Crippen LogP) is 2.50. The Labute approximate surface area is 117 Å². The van der Waals surface area contributed by atoms with E-state index in [-0.39, 0.29) is 17.9 Å². The molecular weight excluding hydrogens is 260 g/mol. The third kappa shape index (κ3) is 2.85. The van der Waals surface area contributed by atoms with Crippen LogP contribution in [0.4, 0.5) is 0 Å². The number of hydrogen-bond acceptors (Lipinski definition) is 5. The summed E-state index contributed by atoms with van der Waals surface area (Å²) < 4.78 is 11.2. The number of rotatable bonds is 5. The Morgan fingerprint density at radius 1 is 1.30 bits per heavy atom. The van der Waals surface area contributed by atoms with Gasteiger partial charge in [0, 0.05) is 13.0 Å². The van der Waals surface area contributed by atoms with Crippen LogP contribution in [0, 0.1) is 5.41 Å². The molecule has 1 unspecified atom stereocenters. The molecule has 1 aliphatic carbocycles. The average molecular weight is 280 g/mol. The monoisotopic (exact) mass is 280 g/mol. The average Bonchev–Trinajstić information content (AvgIpc) is 3.08. The van der Waals surface area contributed by atoms with Crippen molar-refractivity contribution in [3.63, 3.8) is 0 Å². The van der Waals surface area contributed by atoms with Gasteiger partial charge in [-0.25, -0.2) is 0 Å². The lowest BCUT2D eigenvalue weighted by molar-refractivity contribution is -0.139. The van der Waals surface area contributed by atoms with Crippen molar-refractivity contribution in [2.75, 3.05) is 6.61 Å². The maximum Gasteiger partial charge on any atom is 0.303 e. The van der Waals surface area contributed by atoms with Crippen LogP contribution in [0.5, 0.6) is 0 Å². The smallest absolute Gasteiger partial charge is 0.303 e. The normalized spacial score (nSPS) is 25.1. The minimum Gasteiger partial charge on any atom is -0.481 e. The van der Waals surface area contributed by atoms with E-state index in [4.69, 9.17) is 14.3 Å². The Bertz CT molecular complexity index is 473. The van der Waals surface area contributed by atoms with E-state index in [0.29, 0.717) is 18.2 Å². The van der Waals surface area contributed by atoms with Gasteiger partial charge in [-0.05, 0) is 31.1 Å². The Kier molecular flexibility index (Phi) is 3.74. The summed E-state index contributed by atoms with van der Waals surface area (Å²) in [6.07, 6.45) is 6.64. The minimum atomic E-state index is -0.745. The van der Waals surface area contributed by atoms with Crippen molar-refractivity contribution >= 4 is 5.97 Å². The van der Waals surface area contributed by atoms with Gasteiger partial charge in [0.15, 0.2) is 0 Å². The van der Waals surface area contributed by atoms with Crippen molar-refractivity contribution in [1.82, 2.24) is 10.2 Å². The highest BCUT2D eigenvalue weighted by atomic mass is 16.5. The zero-order valence-electron chi connectivity index (χ0n) is 11.5. The summed E-state index contributed by atoms with van der Waals surface area (Å²) in [6, 6.07) is 0. The Balaban J connectivity index is 1.70. The van der Waals surface area contributed by atoms with E-state index < -0.39 is 5.97 Å². The first-order valence-electron chi connectivity index (χ1n) is 7.33. The van der Waals surface area contributed by atoms with Gasteiger partial charge in [-0.1, -0.05) is 12.8 Å². The topological polar surface area (TPSA) is 85.5 Å². The molecule has 0 aromatic carbocycles. The van der Waals surface area contributed by atoms with Gasteiger partial charge in [0.05, 0.1) is 6.42 Å². The second-order valence-electron chi connectivity index (χ2n) is 5.99. The fourth-order valence-electron chi connectivity index (χ4n) is 3.42. The molecule has 1 aromatic rings. The van der Waals surface area contributed by atoms with Crippen molar-refractivity contribution in [2.45, 2.75) is 57.5 Å². The van der Waals surface area contributed by atoms with Gasteiger partial charge in [0.1, 0.15) is 6.10 Å². The second-order valence-corrected chi connectivity index (χ2v) is 5.99. The second kappa shape index (κ2) is 5.52. The highest BCUT2D eigenvalue weighted by Crippen LogP contribution is 2.43. The molecule has 2 aliphatic rings. The van der Waals surface area contributed by atoms with Crippen molar-refractivity contribution in [3.05, 3.63) is 11.8 Å². The van der Waals surface area contributed by atoms with Crippen LogP contribution >= 0.6 is 0 Å². The third-order valence-corrected chi connectivity index (χ3v) is 4.40. The molecule has 1 saturated carbocycles. The molecule has 0 radical (unpaired) electrons. The standard InChI is InChI=1S/C14H20N2O4/c17-12(18)9-14(5-1-2-6-14)8-11-15-16-13(20-11)10-4-3-7-19-10/h10H,1-9H2,(H,17,18). The van der Waals surface area contributed by atoms with E-state index in [1.807, 2.05) is 0 Å². The van der Waals surface area contributed by atoms with E-state index >= 15 is 0 Å². The molecule has 1 N–H and O–H groups in total. The maximum atomic E-state index is 11.1. The van der Waals surface area contributed by atoms with Crippen molar-refractivity contribution < 1.29 is 19.1 Å². The summed E-state index contributed by atoms with van der Waals surface area (Å²) in [4.78, 5) is 11.1. The van der Waals surface area contributed by atoms with Crippen LogP contribution in [0.2, 0.25) is 0 Å². The van der Waals surface area contributed by atoms with E-state index in [9.17, 15) is 4.79 Å². The van der Waals surface area contributed by atoms with Crippen LogP contribution < -0.4 is 0 Å². The summed E-state index contributed by atoms with van der Waals surface area (Å²) in [7, 11) is 0. The number of carbonyl (C=O) groups is 1. The van der Waals surface area contributed by atoms with Gasteiger partial charge in [0.25, 0.3) is 0 Å². The zero-order valence-corrected chi connectivity index (χ0v) is 11.5. The molecule has 0 amide bonds. The first-order chi connectivity index (χ1) is 9.67. The number of aliphatic carboxylic acids is 1. The number of carboxylic acid groups (broad SMARTS) is 1. The fraction of sp³-hybridized carbons (Fsp3) is 0.786. The van der Waals surface area contributed by atoms with Gasteiger partial charge in [-0.2, -0.15) is 0 Å². The summed E-state index contributed by atoms with van der Waals surface area (Å²) in [5.41, 5.74) is -0.202. The molecule has 2 heterocycles. The first-order valence-corrected chi connectivity index (χ1v) is 7.33. The Morgan fingerprint density at radius 2 is 2.10 bits per heavy atom. The molecule has 1 saturated heterocycles. The molecule has 1 atom stereocenters. The molecule has 3 rings (SSSR count). The number of nitrogens with zero attached hydrogens (tertiary/aromatic N) is 2. The SMILES string of the molecule is O=C(O)CC1(Cc2nnc(C3CCCO3)o2)CCCC1. The minimum absolute atomic E-state index is 0.0738. The van der Waals surface area contributed by atoms with Crippen LogP contribution in [-0.2, 0) is 16.0 Å². The van der Waals surface area contributed by atoms with Gasteiger partial charge in [0.2, 0.25) is 11.8 Å². The van der Waals surface area contributed by atoms with Gasteiger partial charge in [-0.3, -0.25) is 4.79 Å². The van der Waals surface area contributed by atoms with Crippen LogP contribution in [0.3, 0.4) is 0 Å². The van der Waals surface area contributed by atoms with E-state index in [1.165, 1.54) is 0 Å². The Morgan fingerprint density at radius 3 is 2.75 bits per heavy atom. The van der Waals surface area contributed by atoms with Crippen LogP contribution in [0.15, 0.2) is 4.42 Å². The molecule has 6 nitrogen and oxygen atoms in total. The van der Waals surface area contributed by atoms with E-state index in [0.717, 1.165) is 45.1 Å². The summed E-state index contributed by atoms with van der Waals surface area (Å²) in [5.74, 6) is 0.352. The highest BCUT2D eigenvalue weighted by molar-refractivity contribution is 5.67. The summed E-state index contributed by atoms with van der Waals surface area (Å²) in [5, 5.41) is 17.3. The number of hydrogen-bond donors (Lipinski definition) is 1. The third-order valence-electron chi connectivity index (χ3n) is 4.40. The lowest BCUT2D eigenvalue weighted by atomic mass is 9.79. The van der Waals surface area contributed by atoms with Gasteiger partial charge in [-0.15, -0.1) is 10.2 Å². The molecule has 20 heavy (non-hydrogen) atoms. The molecule has 1 aromatic heterocycles. The fourth-order valence-corrected chi connectivity index (χ4v) is 3.42. The molecule has 2 fully saturated rings. The predicted molar refractivity (Wildman–Crippen MR) is 69.1 cm³/mol. The van der Waals surface area contributed by atoms with Crippen LogP contribution in [-0.4, -0.2) is 27.9 Å². The highest BCUT2D eigenvalue weighted by Gasteiger charge is 2.38. The van der Waals surface area contributed by atoms with Gasteiger partial charge < -0.3 is 14.3 Å². The number of carboxylic acids is 1. The summed E-state index contributed by atoms with van der Waals surface area (Å²) in [6.45, 7) is 0.741. The van der Waals surface area contributed by atoms with E-state index in [2.05, 4.69) is 10.2 Å². The lowest BCUT2D eigenvalue weighted by Gasteiger charge is -2.24. The van der Waals surface area contributed by atoms with Crippen LogP contribution in [0.25, 0.3) is 0 Å². The van der Waals surface area contributed by atoms with Crippen molar-refractivity contribution in [2.24, 2.45) is 5.41 Å². The molecule has 110 valence electrons. The quantitative estimate of drug-likeness (QED) is 0.891. The van der Waals surface area contributed by atoms with Gasteiger partial charge >= 0.3 is 5.97 Å². The molecule has 0 spiro atoms. The molecular formula is C14H20N2O4. The largest absolute Gasteiger partial charge is 0.481 e.